The molecule has 0 aliphatic carbocycles. The van der Waals surface area contributed by atoms with Crippen molar-refractivity contribution in [3.8, 4) is 22.3 Å². The first kappa shape index (κ1) is 26.9. The van der Waals surface area contributed by atoms with Crippen molar-refractivity contribution in [2.45, 2.75) is 45.6 Å². The number of methoxy groups -OCH3 is 1. The summed E-state index contributed by atoms with van der Waals surface area (Å²) in [4.78, 5) is 23.6. The molecule has 0 aliphatic heterocycles. The van der Waals surface area contributed by atoms with Gasteiger partial charge in [-0.15, -0.1) is 0 Å². The highest BCUT2D eigenvalue weighted by molar-refractivity contribution is 5.98. The van der Waals surface area contributed by atoms with Crippen LogP contribution in [0.4, 0.5) is 4.39 Å². The number of esters is 1. The number of hydrogen-bond acceptors (Lipinski definition) is 5. The molecule has 0 bridgehead atoms. The van der Waals surface area contributed by atoms with Crippen LogP contribution in [0.1, 0.15) is 49.6 Å². The number of ether oxygens (including phenoxy) is 1. The summed E-state index contributed by atoms with van der Waals surface area (Å²) in [6, 6.07) is 18.4. The number of aliphatic hydroxyl groups is 1. The Kier molecular flexibility index (Phi) is 8.17. The normalized spacial score (nSPS) is 12.4. The van der Waals surface area contributed by atoms with Gasteiger partial charge in [-0.2, -0.15) is 5.10 Å². The molecule has 7 heteroatoms. The van der Waals surface area contributed by atoms with Gasteiger partial charge < -0.3 is 9.84 Å². The van der Waals surface area contributed by atoms with Gasteiger partial charge in [-0.3, -0.25) is 9.59 Å². The fraction of sp³-hybridized carbons (Fsp3) is 0.258. The molecule has 4 rings (SSSR count). The maximum absolute atomic E-state index is 13.9. The van der Waals surface area contributed by atoms with Crippen molar-refractivity contribution in [1.29, 1.82) is 0 Å². The lowest BCUT2D eigenvalue weighted by atomic mass is 9.91. The Balaban J connectivity index is 1.93. The van der Waals surface area contributed by atoms with E-state index < -0.39 is 24.3 Å². The van der Waals surface area contributed by atoms with E-state index in [9.17, 15) is 19.1 Å². The van der Waals surface area contributed by atoms with E-state index in [1.165, 1.54) is 19.2 Å². The summed E-state index contributed by atoms with van der Waals surface area (Å²) in [5, 5.41) is 15.6. The monoisotopic (exact) mass is 514 g/mol. The Hall–Kier alpha value is -4.10. The van der Waals surface area contributed by atoms with Gasteiger partial charge in [0.05, 0.1) is 24.4 Å². The third-order valence-corrected chi connectivity index (χ3v) is 6.40. The lowest BCUT2D eigenvalue weighted by Gasteiger charge is -2.18. The first-order chi connectivity index (χ1) is 18.2. The van der Waals surface area contributed by atoms with E-state index in [0.29, 0.717) is 0 Å². The lowest BCUT2D eigenvalue weighted by Crippen LogP contribution is -2.15. The zero-order valence-electron chi connectivity index (χ0n) is 21.9. The molecule has 0 radical (unpaired) electrons. The van der Waals surface area contributed by atoms with E-state index in [1.807, 2.05) is 55.6 Å². The molecular formula is C31H31FN2O4. The van der Waals surface area contributed by atoms with Gasteiger partial charge in [-0.05, 0) is 42.2 Å². The zero-order chi connectivity index (χ0) is 27.4. The van der Waals surface area contributed by atoms with Crippen LogP contribution in [0.5, 0.6) is 0 Å². The van der Waals surface area contributed by atoms with Gasteiger partial charge in [0, 0.05) is 28.8 Å². The summed E-state index contributed by atoms with van der Waals surface area (Å²) in [5.74, 6) is -1.37. The average molecular weight is 515 g/mol. The van der Waals surface area contributed by atoms with Crippen LogP contribution < -0.4 is 0 Å². The first-order valence-corrected chi connectivity index (χ1v) is 12.5. The number of benzene rings is 2. The molecule has 196 valence electrons. The number of carbonyl (C=O) groups excluding carboxylic acids is 2. The van der Waals surface area contributed by atoms with E-state index in [2.05, 4.69) is 10.8 Å². The summed E-state index contributed by atoms with van der Waals surface area (Å²) in [7, 11) is 1.21. The number of hydrogen-bond donors (Lipinski definition) is 1. The summed E-state index contributed by atoms with van der Waals surface area (Å²) in [6.45, 7) is 6.07. The van der Waals surface area contributed by atoms with Gasteiger partial charge in [0.15, 0.2) is 0 Å². The number of rotatable bonds is 9. The van der Waals surface area contributed by atoms with Crippen molar-refractivity contribution in [2.24, 2.45) is 0 Å². The van der Waals surface area contributed by atoms with Crippen molar-refractivity contribution >= 4 is 23.3 Å². The predicted octanol–water partition coefficient (Wildman–Crippen LogP) is 6.14. The predicted molar refractivity (Wildman–Crippen MR) is 146 cm³/mol. The van der Waals surface area contributed by atoms with Crippen molar-refractivity contribution in [2.75, 3.05) is 7.11 Å². The number of carbonyl (C=O) groups is 2. The summed E-state index contributed by atoms with van der Waals surface area (Å²) in [6.07, 6.45) is 1.60. The second-order valence-corrected chi connectivity index (χ2v) is 9.58. The van der Waals surface area contributed by atoms with Crippen LogP contribution in [0.2, 0.25) is 0 Å². The minimum atomic E-state index is -1.11. The average Bonchev–Trinajstić information content (AvgIpc) is 3.23. The van der Waals surface area contributed by atoms with Crippen molar-refractivity contribution in [1.82, 2.24) is 9.61 Å². The molecule has 0 saturated heterocycles. The van der Waals surface area contributed by atoms with E-state index in [-0.39, 0.29) is 18.2 Å². The number of aromatic nitrogens is 2. The highest BCUT2D eigenvalue weighted by atomic mass is 19.1. The van der Waals surface area contributed by atoms with Crippen LogP contribution in [0, 0.1) is 12.7 Å². The molecule has 0 aliphatic rings. The molecular weight excluding hydrogens is 483 g/mol. The molecule has 1 unspecified atom stereocenters. The number of nitrogens with zero attached hydrogens (tertiary/aromatic N) is 2. The number of fused-ring (bicyclic) bond motifs is 1. The van der Waals surface area contributed by atoms with E-state index in [4.69, 9.17) is 5.10 Å². The minimum absolute atomic E-state index is 0.0262. The van der Waals surface area contributed by atoms with Crippen molar-refractivity contribution in [3.05, 3.63) is 89.5 Å². The molecule has 0 amide bonds. The van der Waals surface area contributed by atoms with Gasteiger partial charge in [0.25, 0.3) is 0 Å². The molecule has 1 atom stereocenters. The molecule has 0 saturated carbocycles. The summed E-state index contributed by atoms with van der Waals surface area (Å²) < 4.78 is 20.4. The number of halogens is 1. The molecule has 0 fully saturated rings. The Morgan fingerprint density at radius 3 is 2.39 bits per heavy atom. The van der Waals surface area contributed by atoms with Crippen LogP contribution in [-0.4, -0.2) is 39.7 Å². The second kappa shape index (κ2) is 11.5. The molecule has 38 heavy (non-hydrogen) atoms. The van der Waals surface area contributed by atoms with E-state index >= 15 is 0 Å². The maximum Gasteiger partial charge on any atom is 0.313 e. The smallest absolute Gasteiger partial charge is 0.313 e. The Morgan fingerprint density at radius 2 is 1.76 bits per heavy atom. The van der Waals surface area contributed by atoms with Gasteiger partial charge in [-0.1, -0.05) is 68.5 Å². The third-order valence-electron chi connectivity index (χ3n) is 6.40. The van der Waals surface area contributed by atoms with Crippen LogP contribution >= 0.6 is 0 Å². The quantitative estimate of drug-likeness (QED) is 0.215. The Morgan fingerprint density at radius 1 is 1.08 bits per heavy atom. The summed E-state index contributed by atoms with van der Waals surface area (Å²) >= 11 is 0. The highest BCUT2D eigenvalue weighted by Crippen LogP contribution is 2.40. The van der Waals surface area contributed by atoms with Gasteiger partial charge in [-0.25, -0.2) is 8.91 Å². The second-order valence-electron chi connectivity index (χ2n) is 9.58. The largest absolute Gasteiger partial charge is 0.469 e. The number of aryl methyl sites for hydroxylation is 1. The molecule has 2 heterocycles. The Bertz CT molecular complexity index is 1490. The topological polar surface area (TPSA) is 80.9 Å². The van der Waals surface area contributed by atoms with E-state index in [0.717, 1.165) is 44.7 Å². The standard InChI is InChI=1S/C31H31FN2O4/c1-19(2)30-26(15-14-24(35)17-25(36)18-28(37)38-4)29(22-10-12-23(32)13-11-22)31-27(16-20(3)34(31)33-30)21-8-6-5-7-9-21/h5-16,19,24,35H,17-18H2,1-4H3/b15-14+. The molecule has 2 aromatic heterocycles. The Labute approximate surface area is 221 Å². The third kappa shape index (κ3) is 5.73. The minimum Gasteiger partial charge on any atom is -0.469 e. The molecule has 1 N–H and O–H groups in total. The van der Waals surface area contributed by atoms with Gasteiger partial charge in [0.2, 0.25) is 0 Å². The van der Waals surface area contributed by atoms with Crippen LogP contribution in [-0.2, 0) is 14.3 Å². The lowest BCUT2D eigenvalue weighted by molar-refractivity contribution is -0.143. The van der Waals surface area contributed by atoms with Crippen LogP contribution in [0.25, 0.3) is 33.8 Å². The molecule has 2 aromatic carbocycles. The number of ketones is 1. The summed E-state index contributed by atoms with van der Waals surface area (Å²) in [5.41, 5.74) is 7.02. The first-order valence-electron chi connectivity index (χ1n) is 12.5. The molecule has 4 aromatic rings. The molecule has 6 nitrogen and oxygen atoms in total. The highest BCUT2D eigenvalue weighted by Gasteiger charge is 2.23. The maximum atomic E-state index is 13.9. The van der Waals surface area contributed by atoms with Crippen LogP contribution in [0.15, 0.2) is 66.7 Å². The fourth-order valence-corrected chi connectivity index (χ4v) is 4.57. The number of aliphatic hydroxyl groups excluding tert-OH is 1. The van der Waals surface area contributed by atoms with E-state index in [1.54, 1.807) is 24.3 Å². The zero-order valence-corrected chi connectivity index (χ0v) is 21.9. The van der Waals surface area contributed by atoms with Gasteiger partial charge >= 0.3 is 5.97 Å². The molecule has 0 spiro atoms. The fourth-order valence-electron chi connectivity index (χ4n) is 4.57. The van der Waals surface area contributed by atoms with Crippen LogP contribution in [0.3, 0.4) is 0 Å². The van der Waals surface area contributed by atoms with Gasteiger partial charge in [0.1, 0.15) is 18.0 Å². The van der Waals surface area contributed by atoms with Crippen molar-refractivity contribution < 1.29 is 23.8 Å². The van der Waals surface area contributed by atoms with Crippen molar-refractivity contribution in [3.63, 3.8) is 0 Å². The number of Topliss-reactive ketones (excluding diaryl/α,β-unsaturated/α-hetero) is 1. The SMILES string of the molecule is COC(=O)CC(=O)CC(O)/C=C/c1c(C(C)C)nn2c(C)cc(-c3ccccc3)c2c1-c1ccc(F)cc1.